The van der Waals surface area contributed by atoms with Gasteiger partial charge in [-0.05, 0) is 71.4 Å². The Balaban J connectivity index is 0.00000410. The number of pyridine rings is 2. The van der Waals surface area contributed by atoms with Crippen molar-refractivity contribution in [1.82, 2.24) is 29.5 Å². The van der Waals surface area contributed by atoms with Crippen LogP contribution in [0.15, 0.2) is 134 Å². The summed E-state index contributed by atoms with van der Waals surface area (Å²) >= 11 is 0. The van der Waals surface area contributed by atoms with Crippen LogP contribution < -0.4 is 9.80 Å². The molecule has 0 bridgehead atoms. The van der Waals surface area contributed by atoms with E-state index in [1.165, 1.54) is 5.56 Å². The van der Waals surface area contributed by atoms with Gasteiger partial charge in [0.1, 0.15) is 11.6 Å². The molecular formula is C47H35N8Pt-3. The number of para-hydroxylation sites is 4. The van der Waals surface area contributed by atoms with Crippen LogP contribution in [0.25, 0.3) is 72.7 Å². The minimum absolute atomic E-state index is 0. The molecule has 5 heterocycles. The number of benzene rings is 5. The van der Waals surface area contributed by atoms with Gasteiger partial charge in [0.15, 0.2) is 0 Å². The molecule has 0 unspecified atom stereocenters. The second kappa shape index (κ2) is 13.8. The molecule has 0 N–H and O–H groups in total. The van der Waals surface area contributed by atoms with Gasteiger partial charge < -0.3 is 19.4 Å². The number of fused-ring (bicyclic) bond motifs is 5. The molecule has 5 aromatic carbocycles. The Morgan fingerprint density at radius 1 is 0.625 bits per heavy atom. The second-order valence-electron chi connectivity index (χ2n) is 14.9. The third kappa shape index (κ3) is 6.01. The average Bonchev–Trinajstić information content (AvgIpc) is 3.74. The van der Waals surface area contributed by atoms with Gasteiger partial charge in [-0.25, -0.2) is 4.98 Å². The Morgan fingerprint density at radius 2 is 1.36 bits per heavy atom. The zero-order valence-electron chi connectivity index (χ0n) is 31.2. The molecule has 1 aliphatic heterocycles. The Morgan fingerprint density at radius 3 is 2.20 bits per heavy atom. The second-order valence-corrected chi connectivity index (χ2v) is 14.9. The van der Waals surface area contributed by atoms with Crippen molar-refractivity contribution in [3.05, 3.63) is 158 Å². The van der Waals surface area contributed by atoms with Crippen LogP contribution in [-0.2, 0) is 26.5 Å². The molecule has 4 aromatic heterocycles. The molecule has 0 saturated carbocycles. The molecular weight excluding hydrogens is 872 g/mol. The molecule has 0 atom stereocenters. The first-order valence-corrected chi connectivity index (χ1v) is 18.3. The zero-order chi connectivity index (χ0) is 37.3. The SMILES string of the molecule is CN1[CH-]N(c2[c-]c(-c3nc(-c4[c-]c5c(cc4)c4ccccc4n5-c4cc(C(C)(C)C)ccn4)nc(-c4cccc5cccnc45)n3)ccc2)c2ccccc21.[Pt]. The Hall–Kier alpha value is -6.24. The van der Waals surface area contributed by atoms with Gasteiger partial charge in [0.2, 0.25) is 0 Å². The van der Waals surface area contributed by atoms with Crippen molar-refractivity contribution >= 4 is 49.8 Å². The number of rotatable bonds is 5. The molecule has 0 radical (unpaired) electrons. The maximum absolute atomic E-state index is 5.15. The van der Waals surface area contributed by atoms with Gasteiger partial charge in [-0.1, -0.05) is 80.4 Å². The Bertz CT molecular complexity index is 2940. The van der Waals surface area contributed by atoms with Gasteiger partial charge in [-0.2, -0.15) is 6.67 Å². The number of aromatic nitrogens is 6. The van der Waals surface area contributed by atoms with Crippen molar-refractivity contribution in [3.63, 3.8) is 0 Å². The van der Waals surface area contributed by atoms with E-state index in [-0.39, 0.29) is 26.5 Å². The first kappa shape index (κ1) is 35.5. The number of hydrogen-bond donors (Lipinski definition) is 0. The fraction of sp³-hybridized carbons (Fsp3) is 0.106. The van der Waals surface area contributed by atoms with Crippen LogP contribution in [0.2, 0.25) is 0 Å². The van der Waals surface area contributed by atoms with Gasteiger partial charge in [0, 0.05) is 61.3 Å². The summed E-state index contributed by atoms with van der Waals surface area (Å²) in [6.07, 6.45) is 3.70. The van der Waals surface area contributed by atoms with Crippen molar-refractivity contribution in [2.45, 2.75) is 26.2 Å². The summed E-state index contributed by atoms with van der Waals surface area (Å²) < 4.78 is 2.19. The zero-order valence-corrected chi connectivity index (χ0v) is 33.4. The minimum Gasteiger partial charge on any atom is -0.504 e. The van der Waals surface area contributed by atoms with E-state index in [2.05, 4.69) is 152 Å². The van der Waals surface area contributed by atoms with E-state index in [4.69, 9.17) is 24.9 Å². The van der Waals surface area contributed by atoms with Gasteiger partial charge in [0.05, 0.1) is 17.2 Å². The third-order valence-corrected chi connectivity index (χ3v) is 10.3. The molecule has 0 aliphatic carbocycles. The van der Waals surface area contributed by atoms with Gasteiger partial charge >= 0.3 is 0 Å². The number of hydrogen-bond acceptors (Lipinski definition) is 7. The molecule has 56 heavy (non-hydrogen) atoms. The van der Waals surface area contributed by atoms with Crippen molar-refractivity contribution in [2.75, 3.05) is 16.8 Å². The molecule has 0 amide bonds. The van der Waals surface area contributed by atoms with Crippen molar-refractivity contribution in [2.24, 2.45) is 0 Å². The molecule has 9 heteroatoms. The molecule has 8 nitrogen and oxygen atoms in total. The van der Waals surface area contributed by atoms with E-state index >= 15 is 0 Å². The first-order valence-electron chi connectivity index (χ1n) is 18.3. The van der Waals surface area contributed by atoms with Crippen LogP contribution >= 0.6 is 0 Å². The van der Waals surface area contributed by atoms with E-state index in [1.54, 1.807) is 6.20 Å². The number of anilines is 3. The van der Waals surface area contributed by atoms with Crippen LogP contribution in [0.5, 0.6) is 0 Å². The molecule has 10 rings (SSSR count). The van der Waals surface area contributed by atoms with Crippen LogP contribution in [0.1, 0.15) is 26.3 Å². The summed E-state index contributed by atoms with van der Waals surface area (Å²) in [7, 11) is 2.05. The fourth-order valence-corrected chi connectivity index (χ4v) is 7.47. The molecule has 0 fully saturated rings. The molecule has 1 aliphatic rings. The normalized spacial score (nSPS) is 12.7. The van der Waals surface area contributed by atoms with Crippen molar-refractivity contribution in [3.8, 4) is 40.0 Å². The van der Waals surface area contributed by atoms with Gasteiger partial charge in [0.25, 0.3) is 0 Å². The summed E-state index contributed by atoms with van der Waals surface area (Å²) in [6.45, 7) is 8.73. The molecule has 9 aromatic rings. The summed E-state index contributed by atoms with van der Waals surface area (Å²) in [5.41, 5.74) is 9.32. The predicted molar refractivity (Wildman–Crippen MR) is 221 cm³/mol. The predicted octanol–water partition coefficient (Wildman–Crippen LogP) is 10.5. The molecule has 0 spiro atoms. The van der Waals surface area contributed by atoms with E-state index < -0.39 is 0 Å². The monoisotopic (exact) mass is 906 g/mol. The Labute approximate surface area is 339 Å². The molecule has 276 valence electrons. The minimum atomic E-state index is -0.0418. The van der Waals surface area contributed by atoms with Crippen molar-refractivity contribution in [1.29, 1.82) is 0 Å². The van der Waals surface area contributed by atoms with Crippen LogP contribution in [0, 0.1) is 18.8 Å². The van der Waals surface area contributed by atoms with Crippen LogP contribution in [-0.4, -0.2) is 36.5 Å². The van der Waals surface area contributed by atoms with Gasteiger partial charge in [-0.15, -0.1) is 53.6 Å². The van der Waals surface area contributed by atoms with E-state index in [1.807, 2.05) is 36.5 Å². The first-order chi connectivity index (χ1) is 26.8. The van der Waals surface area contributed by atoms with Crippen molar-refractivity contribution < 1.29 is 21.1 Å². The fourth-order valence-electron chi connectivity index (χ4n) is 7.47. The summed E-state index contributed by atoms with van der Waals surface area (Å²) in [5.74, 6) is 2.36. The smallest absolute Gasteiger partial charge is 0.146 e. The van der Waals surface area contributed by atoms with E-state index in [9.17, 15) is 0 Å². The van der Waals surface area contributed by atoms with Crippen LogP contribution in [0.4, 0.5) is 17.1 Å². The quantitative estimate of drug-likeness (QED) is 0.159. The molecule has 0 saturated heterocycles. The standard InChI is InChI=1S/C47H35N8.Pt/c1-47(2,3)33-23-25-48-42(28-33)55-38-18-6-5-16-35(38)36-22-21-32(27-41(36)55)45-50-44(51-46(52-45)37-17-10-12-30-14-11-24-49-43(30)37)31-13-9-15-34(26-31)54-29-53(4)39-19-7-8-20-40(39)54;/h5-25,28-29H,1-4H3;/q-3;. The summed E-state index contributed by atoms with van der Waals surface area (Å²) in [4.78, 5) is 29.3. The van der Waals surface area contributed by atoms with E-state index in [0.29, 0.717) is 17.5 Å². The third-order valence-electron chi connectivity index (χ3n) is 10.3. The van der Waals surface area contributed by atoms with Gasteiger partial charge in [-0.3, -0.25) is 15.0 Å². The maximum atomic E-state index is 5.15. The summed E-state index contributed by atoms with van der Waals surface area (Å²) in [5, 5.41) is 3.20. The Kier molecular flexibility index (Phi) is 8.74. The van der Waals surface area contributed by atoms with Crippen LogP contribution in [0.3, 0.4) is 0 Å². The largest absolute Gasteiger partial charge is 0.504 e. The number of nitrogens with zero attached hydrogens (tertiary/aromatic N) is 8. The average molecular weight is 907 g/mol. The maximum Gasteiger partial charge on any atom is 0.146 e. The topological polar surface area (TPSA) is 75.9 Å². The summed E-state index contributed by atoms with van der Waals surface area (Å²) in [6, 6.07) is 48.7. The van der Waals surface area contributed by atoms with E-state index in [0.717, 1.165) is 72.3 Å².